The van der Waals surface area contributed by atoms with E-state index in [0.29, 0.717) is 29.5 Å². The average molecular weight is 545 g/mol. The largest absolute Gasteiger partial charge is 0.507 e. The van der Waals surface area contributed by atoms with E-state index in [9.17, 15) is 21.9 Å². The highest BCUT2D eigenvalue weighted by atomic mass is 32.2. The molecule has 0 aromatic heterocycles. The Morgan fingerprint density at radius 2 is 0.972 bits per heavy atom. The Morgan fingerprint density at radius 1 is 0.583 bits per heavy atom. The zero-order valence-corrected chi connectivity index (χ0v) is 24.8. The molecule has 0 aliphatic rings. The van der Waals surface area contributed by atoms with Crippen molar-refractivity contribution in [3.8, 4) is 5.75 Å². The summed E-state index contributed by atoms with van der Waals surface area (Å²) in [5, 5.41) is 10.5. The van der Waals surface area contributed by atoms with Crippen molar-refractivity contribution in [3.63, 3.8) is 0 Å². The number of phenols is 1. The lowest BCUT2D eigenvalue weighted by Gasteiger charge is -2.12. The molecule has 0 aliphatic heterocycles. The van der Waals surface area contributed by atoms with Crippen LogP contribution in [0.4, 0.5) is 0 Å². The molecule has 0 saturated heterocycles. The van der Waals surface area contributed by atoms with Crippen LogP contribution in [0.25, 0.3) is 0 Å². The number of sulfone groups is 2. The van der Waals surface area contributed by atoms with Gasteiger partial charge in [-0.25, -0.2) is 16.8 Å². The molecule has 1 N–H and O–H groups in total. The monoisotopic (exact) mass is 544 g/mol. The van der Waals surface area contributed by atoms with Crippen LogP contribution in [0.1, 0.15) is 133 Å². The van der Waals surface area contributed by atoms with E-state index < -0.39 is 19.7 Å². The van der Waals surface area contributed by atoms with Gasteiger partial charge in [0.2, 0.25) is 0 Å². The summed E-state index contributed by atoms with van der Waals surface area (Å²) >= 11 is 0. The Bertz CT molecular complexity index is 937. The summed E-state index contributed by atoms with van der Waals surface area (Å²) in [6, 6.07) is 3.23. The molecule has 0 fully saturated rings. The predicted octanol–water partition coefficient (Wildman–Crippen LogP) is 7.81. The van der Waals surface area contributed by atoms with Crippen LogP contribution in [0, 0.1) is 6.92 Å². The topological polar surface area (TPSA) is 88.5 Å². The van der Waals surface area contributed by atoms with Crippen molar-refractivity contribution >= 4 is 19.7 Å². The van der Waals surface area contributed by atoms with Crippen molar-refractivity contribution in [1.29, 1.82) is 0 Å². The minimum atomic E-state index is -3.37. The Labute approximate surface area is 222 Å². The number of aromatic hydroxyl groups is 1. The first-order valence-corrected chi connectivity index (χ1v) is 18.0. The summed E-state index contributed by atoms with van der Waals surface area (Å²) in [4.78, 5) is 0. The number of hydrogen-bond acceptors (Lipinski definition) is 5. The molecule has 36 heavy (non-hydrogen) atoms. The maximum Gasteiger partial charge on any atom is 0.154 e. The molecule has 0 heterocycles. The maximum atomic E-state index is 12.7. The molecule has 210 valence electrons. The molecule has 7 heteroatoms. The minimum absolute atomic E-state index is 0.0429. The van der Waals surface area contributed by atoms with Gasteiger partial charge in [0.05, 0.1) is 23.0 Å². The lowest BCUT2D eigenvalue weighted by molar-refractivity contribution is 0.465. The predicted molar refractivity (Wildman–Crippen MR) is 153 cm³/mol. The molecule has 0 atom stereocenters. The Morgan fingerprint density at radius 3 is 1.42 bits per heavy atom. The lowest BCUT2D eigenvalue weighted by Crippen LogP contribution is -2.12. The first-order chi connectivity index (χ1) is 17.1. The van der Waals surface area contributed by atoms with Crippen molar-refractivity contribution in [1.82, 2.24) is 0 Å². The van der Waals surface area contributed by atoms with E-state index in [1.807, 2.05) is 0 Å². The Hall–Kier alpha value is -1.08. The van der Waals surface area contributed by atoms with Crippen molar-refractivity contribution in [2.24, 2.45) is 0 Å². The molecule has 0 aliphatic carbocycles. The summed E-state index contributed by atoms with van der Waals surface area (Å²) in [5.41, 5.74) is 1.39. The van der Waals surface area contributed by atoms with Crippen LogP contribution >= 0.6 is 0 Å². The molecular formula is C29H52O5S2. The first-order valence-electron chi connectivity index (χ1n) is 14.3. The van der Waals surface area contributed by atoms with E-state index >= 15 is 0 Å². The van der Waals surface area contributed by atoms with E-state index in [0.717, 1.165) is 38.5 Å². The number of rotatable bonds is 22. The zero-order chi connectivity index (χ0) is 26.9. The molecule has 0 unspecified atom stereocenters. The molecule has 0 spiro atoms. The fourth-order valence-corrected chi connectivity index (χ4v) is 7.62. The van der Waals surface area contributed by atoms with Crippen LogP contribution in [0.3, 0.4) is 0 Å². The van der Waals surface area contributed by atoms with Gasteiger partial charge in [-0.3, -0.25) is 0 Å². The van der Waals surface area contributed by atoms with Crippen LogP contribution in [-0.4, -0.2) is 33.4 Å². The van der Waals surface area contributed by atoms with Gasteiger partial charge in [-0.1, -0.05) is 116 Å². The number of unbranched alkanes of at least 4 members (excludes halogenated alkanes) is 14. The molecule has 5 nitrogen and oxygen atoms in total. The average Bonchev–Trinajstić information content (AvgIpc) is 2.80. The highest BCUT2D eigenvalue weighted by molar-refractivity contribution is 7.90. The molecule has 1 aromatic rings. The second-order valence-electron chi connectivity index (χ2n) is 10.6. The smallest absolute Gasteiger partial charge is 0.154 e. The standard InChI is InChI=1S/C29H52O5S2/c1-4-6-8-10-12-14-16-18-20-35(31,32)24-27-22-26(3)29(30)28(23-27)25-36(33,34)21-19-17-15-13-11-9-7-5-2/h22-23,30H,4-21,24-25H2,1-3H3. The van der Waals surface area contributed by atoms with Crippen LogP contribution in [0.15, 0.2) is 12.1 Å². The summed E-state index contributed by atoms with van der Waals surface area (Å²) in [5.74, 6) is -0.161. The van der Waals surface area contributed by atoms with Crippen molar-refractivity contribution in [2.45, 2.75) is 135 Å². The van der Waals surface area contributed by atoms with Crippen LogP contribution in [0.5, 0.6) is 5.75 Å². The lowest BCUT2D eigenvalue weighted by atomic mass is 10.1. The molecule has 0 amide bonds. The number of benzene rings is 1. The van der Waals surface area contributed by atoms with Crippen molar-refractivity contribution in [3.05, 3.63) is 28.8 Å². The fraction of sp³-hybridized carbons (Fsp3) is 0.793. The van der Waals surface area contributed by atoms with Gasteiger partial charge in [0.15, 0.2) is 19.7 Å². The van der Waals surface area contributed by atoms with E-state index in [4.69, 9.17) is 0 Å². The molecule has 0 radical (unpaired) electrons. The quantitative estimate of drug-likeness (QED) is 0.150. The van der Waals surface area contributed by atoms with Crippen molar-refractivity contribution in [2.75, 3.05) is 11.5 Å². The summed E-state index contributed by atoms with van der Waals surface area (Å²) in [6.07, 6.45) is 17.4. The third-order valence-electron chi connectivity index (χ3n) is 6.82. The van der Waals surface area contributed by atoms with Gasteiger partial charge in [0.1, 0.15) is 5.75 Å². The third kappa shape index (κ3) is 15.2. The molecular weight excluding hydrogens is 492 g/mol. The van der Waals surface area contributed by atoms with E-state index in [1.165, 1.54) is 51.4 Å². The molecule has 1 rings (SSSR count). The van der Waals surface area contributed by atoms with Crippen LogP contribution in [-0.2, 0) is 31.2 Å². The Kier molecular flexibility index (Phi) is 16.7. The van der Waals surface area contributed by atoms with E-state index in [2.05, 4.69) is 13.8 Å². The van der Waals surface area contributed by atoms with Crippen molar-refractivity contribution < 1.29 is 21.9 Å². The van der Waals surface area contributed by atoms with Gasteiger partial charge in [-0.2, -0.15) is 0 Å². The van der Waals surface area contributed by atoms with E-state index in [-0.39, 0.29) is 28.8 Å². The second kappa shape index (κ2) is 18.2. The first kappa shape index (κ1) is 32.9. The van der Waals surface area contributed by atoms with Gasteiger partial charge >= 0.3 is 0 Å². The SMILES string of the molecule is CCCCCCCCCCS(=O)(=O)Cc1cc(C)c(O)c(CS(=O)(=O)CCCCCCCCCC)c1. The number of hydrogen-bond donors (Lipinski definition) is 1. The van der Waals surface area contributed by atoms with Crippen LogP contribution < -0.4 is 0 Å². The second-order valence-corrected chi connectivity index (χ2v) is 14.9. The van der Waals surface area contributed by atoms with Gasteiger partial charge in [0, 0.05) is 5.56 Å². The zero-order valence-electron chi connectivity index (χ0n) is 23.2. The fourth-order valence-electron chi connectivity index (χ4n) is 4.67. The third-order valence-corrected chi connectivity index (χ3v) is 10.2. The molecule has 0 bridgehead atoms. The normalized spacial score (nSPS) is 12.3. The summed E-state index contributed by atoms with van der Waals surface area (Å²) < 4.78 is 50.7. The highest BCUT2D eigenvalue weighted by Gasteiger charge is 2.19. The number of phenolic OH excluding ortho intramolecular Hbond substituents is 1. The maximum absolute atomic E-state index is 12.7. The summed E-state index contributed by atoms with van der Waals surface area (Å²) in [7, 11) is -6.66. The summed E-state index contributed by atoms with van der Waals surface area (Å²) in [6.45, 7) is 6.08. The van der Waals surface area contributed by atoms with Gasteiger partial charge in [-0.05, 0) is 30.9 Å². The molecule has 0 saturated carbocycles. The molecule has 1 aromatic carbocycles. The van der Waals surface area contributed by atoms with Gasteiger partial charge in [-0.15, -0.1) is 0 Å². The highest BCUT2D eigenvalue weighted by Crippen LogP contribution is 2.27. The van der Waals surface area contributed by atoms with Gasteiger partial charge < -0.3 is 5.11 Å². The van der Waals surface area contributed by atoms with Crippen LogP contribution in [0.2, 0.25) is 0 Å². The minimum Gasteiger partial charge on any atom is -0.507 e. The van der Waals surface area contributed by atoms with Gasteiger partial charge in [0.25, 0.3) is 0 Å². The Balaban J connectivity index is 2.54. The van der Waals surface area contributed by atoms with E-state index in [1.54, 1.807) is 19.1 Å². The number of aryl methyl sites for hydroxylation is 1.